The molecule has 0 heterocycles. The van der Waals surface area contributed by atoms with Gasteiger partial charge in [-0.2, -0.15) is 0 Å². The number of rotatable bonds is 1. The standard InChI is InChI=1S/C12H13NO2/c1-9-5-6-11(8-12(9)15)4-3-7-13-10(2)14/h5-6,8,15H,7H2,1-2H3,(H,13,14). The second-order valence-corrected chi connectivity index (χ2v) is 3.21. The van der Waals surface area contributed by atoms with Gasteiger partial charge in [0.05, 0.1) is 6.54 Å². The molecule has 1 amide bonds. The maximum absolute atomic E-state index is 10.5. The number of phenols is 1. The van der Waals surface area contributed by atoms with Gasteiger partial charge in [0.2, 0.25) is 5.91 Å². The van der Waals surface area contributed by atoms with Crippen molar-refractivity contribution in [2.24, 2.45) is 0 Å². The van der Waals surface area contributed by atoms with Gasteiger partial charge in [-0.1, -0.05) is 17.9 Å². The Morgan fingerprint density at radius 1 is 1.53 bits per heavy atom. The third kappa shape index (κ3) is 3.74. The van der Waals surface area contributed by atoms with Crippen molar-refractivity contribution in [2.75, 3.05) is 6.54 Å². The largest absolute Gasteiger partial charge is 0.508 e. The predicted octanol–water partition coefficient (Wildman–Crippen LogP) is 1.19. The Morgan fingerprint density at radius 2 is 2.27 bits per heavy atom. The molecule has 0 saturated carbocycles. The van der Waals surface area contributed by atoms with E-state index in [0.29, 0.717) is 6.54 Å². The zero-order valence-electron chi connectivity index (χ0n) is 8.79. The monoisotopic (exact) mass is 203 g/mol. The number of hydrogen-bond donors (Lipinski definition) is 2. The van der Waals surface area contributed by atoms with Gasteiger partial charge in [-0.25, -0.2) is 0 Å². The normalized spacial score (nSPS) is 8.93. The van der Waals surface area contributed by atoms with Crippen LogP contribution >= 0.6 is 0 Å². The van der Waals surface area contributed by atoms with Crippen LogP contribution in [0.3, 0.4) is 0 Å². The van der Waals surface area contributed by atoms with Crippen molar-refractivity contribution in [2.45, 2.75) is 13.8 Å². The Kier molecular flexibility index (Phi) is 3.75. The van der Waals surface area contributed by atoms with Crippen LogP contribution in [-0.2, 0) is 4.79 Å². The van der Waals surface area contributed by atoms with E-state index < -0.39 is 0 Å². The third-order valence-corrected chi connectivity index (χ3v) is 1.87. The van der Waals surface area contributed by atoms with Crippen LogP contribution in [0.1, 0.15) is 18.1 Å². The number of hydrogen-bond acceptors (Lipinski definition) is 2. The molecule has 3 nitrogen and oxygen atoms in total. The van der Waals surface area contributed by atoms with Crippen LogP contribution < -0.4 is 5.32 Å². The molecule has 0 aliphatic heterocycles. The molecule has 0 radical (unpaired) electrons. The molecule has 0 spiro atoms. The van der Waals surface area contributed by atoms with Crippen molar-refractivity contribution in [3.05, 3.63) is 29.3 Å². The lowest BCUT2D eigenvalue weighted by Gasteiger charge is -1.97. The molecule has 3 heteroatoms. The highest BCUT2D eigenvalue weighted by molar-refractivity contribution is 5.73. The van der Waals surface area contributed by atoms with Crippen molar-refractivity contribution in [1.29, 1.82) is 0 Å². The molecule has 2 N–H and O–H groups in total. The van der Waals surface area contributed by atoms with Crippen molar-refractivity contribution < 1.29 is 9.90 Å². The summed E-state index contributed by atoms with van der Waals surface area (Å²) < 4.78 is 0. The number of carbonyl (C=O) groups is 1. The summed E-state index contributed by atoms with van der Waals surface area (Å²) in [6.07, 6.45) is 0. The molecule has 0 aliphatic carbocycles. The summed E-state index contributed by atoms with van der Waals surface area (Å²) in [6.45, 7) is 3.59. The summed E-state index contributed by atoms with van der Waals surface area (Å²) in [6, 6.07) is 5.24. The summed E-state index contributed by atoms with van der Waals surface area (Å²) in [4.78, 5) is 10.5. The van der Waals surface area contributed by atoms with Crippen LogP contribution in [0.15, 0.2) is 18.2 Å². The molecule has 1 aromatic rings. The number of amides is 1. The van der Waals surface area contributed by atoms with E-state index in [1.807, 2.05) is 13.0 Å². The fourth-order valence-electron chi connectivity index (χ4n) is 1.00. The number of phenolic OH excluding ortho intramolecular Hbond substituents is 1. The van der Waals surface area contributed by atoms with Gasteiger partial charge in [0.1, 0.15) is 5.75 Å². The van der Waals surface area contributed by atoms with Crippen molar-refractivity contribution in [3.63, 3.8) is 0 Å². The lowest BCUT2D eigenvalue weighted by Crippen LogP contribution is -2.19. The molecule has 0 aliphatic rings. The summed E-state index contributed by atoms with van der Waals surface area (Å²) in [5.74, 6) is 5.77. The van der Waals surface area contributed by atoms with Gasteiger partial charge in [0, 0.05) is 12.5 Å². The van der Waals surface area contributed by atoms with Gasteiger partial charge in [-0.15, -0.1) is 0 Å². The Bertz CT molecular complexity index is 427. The summed E-state index contributed by atoms with van der Waals surface area (Å²) >= 11 is 0. The molecule has 0 bridgehead atoms. The molecular weight excluding hydrogens is 190 g/mol. The van der Waals surface area contributed by atoms with Gasteiger partial charge >= 0.3 is 0 Å². The Labute approximate surface area is 89.1 Å². The molecule has 0 saturated heterocycles. The van der Waals surface area contributed by atoms with Gasteiger partial charge in [0.15, 0.2) is 0 Å². The minimum atomic E-state index is -0.101. The molecule has 15 heavy (non-hydrogen) atoms. The zero-order valence-corrected chi connectivity index (χ0v) is 8.79. The lowest BCUT2D eigenvalue weighted by molar-refractivity contribution is -0.118. The van der Waals surface area contributed by atoms with Crippen LogP contribution in [0.4, 0.5) is 0 Å². The van der Waals surface area contributed by atoms with Crippen LogP contribution in [0.25, 0.3) is 0 Å². The maximum atomic E-state index is 10.5. The quantitative estimate of drug-likeness (QED) is 0.673. The van der Waals surface area contributed by atoms with Gasteiger partial charge in [0.25, 0.3) is 0 Å². The fourth-order valence-corrected chi connectivity index (χ4v) is 1.00. The van der Waals surface area contributed by atoms with Crippen molar-refractivity contribution >= 4 is 5.91 Å². The molecule has 1 aromatic carbocycles. The Balaban J connectivity index is 2.64. The topological polar surface area (TPSA) is 49.3 Å². The second-order valence-electron chi connectivity index (χ2n) is 3.21. The molecule has 0 aromatic heterocycles. The second kappa shape index (κ2) is 5.06. The van der Waals surface area contributed by atoms with E-state index >= 15 is 0 Å². The van der Waals surface area contributed by atoms with Gasteiger partial charge in [-0.05, 0) is 24.6 Å². The minimum Gasteiger partial charge on any atom is -0.508 e. The first kappa shape index (κ1) is 11.1. The molecule has 0 fully saturated rings. The van der Waals surface area contributed by atoms with E-state index in [1.165, 1.54) is 6.92 Å². The number of aromatic hydroxyl groups is 1. The number of benzene rings is 1. The number of carbonyl (C=O) groups excluding carboxylic acids is 1. The van der Waals surface area contributed by atoms with Gasteiger partial charge in [-0.3, -0.25) is 4.79 Å². The van der Waals surface area contributed by atoms with Crippen molar-refractivity contribution in [1.82, 2.24) is 5.32 Å². The Hall–Kier alpha value is -1.95. The molecule has 0 unspecified atom stereocenters. The highest BCUT2D eigenvalue weighted by atomic mass is 16.3. The Morgan fingerprint density at radius 3 is 2.87 bits per heavy atom. The molecule has 1 rings (SSSR count). The average Bonchev–Trinajstić information content (AvgIpc) is 2.18. The third-order valence-electron chi connectivity index (χ3n) is 1.87. The predicted molar refractivity (Wildman–Crippen MR) is 58.4 cm³/mol. The molecule has 78 valence electrons. The SMILES string of the molecule is CC(=O)NCC#Cc1ccc(C)c(O)c1. The molecule has 0 atom stereocenters. The fraction of sp³-hybridized carbons (Fsp3) is 0.250. The van der Waals surface area contributed by atoms with E-state index in [4.69, 9.17) is 0 Å². The smallest absolute Gasteiger partial charge is 0.217 e. The lowest BCUT2D eigenvalue weighted by atomic mass is 10.1. The van der Waals surface area contributed by atoms with Crippen molar-refractivity contribution in [3.8, 4) is 17.6 Å². The summed E-state index contributed by atoms with van der Waals surface area (Å²) in [5.41, 5.74) is 1.56. The maximum Gasteiger partial charge on any atom is 0.217 e. The first-order valence-electron chi connectivity index (χ1n) is 4.62. The number of nitrogens with one attached hydrogen (secondary N) is 1. The van der Waals surface area contributed by atoms with Crippen LogP contribution in [0.5, 0.6) is 5.75 Å². The van der Waals surface area contributed by atoms with E-state index in [-0.39, 0.29) is 11.7 Å². The van der Waals surface area contributed by atoms with E-state index in [2.05, 4.69) is 17.2 Å². The minimum absolute atomic E-state index is 0.101. The van der Waals surface area contributed by atoms with E-state index in [9.17, 15) is 9.90 Å². The molecular formula is C12H13NO2. The van der Waals surface area contributed by atoms with E-state index in [1.54, 1.807) is 12.1 Å². The van der Waals surface area contributed by atoms with Gasteiger partial charge < -0.3 is 10.4 Å². The highest BCUT2D eigenvalue weighted by Gasteiger charge is 1.94. The zero-order chi connectivity index (χ0) is 11.3. The van der Waals surface area contributed by atoms with Crippen LogP contribution in [0, 0.1) is 18.8 Å². The van der Waals surface area contributed by atoms with Crippen LogP contribution in [0.2, 0.25) is 0 Å². The van der Waals surface area contributed by atoms with E-state index in [0.717, 1.165) is 11.1 Å². The number of aryl methyl sites for hydroxylation is 1. The summed E-state index contributed by atoms with van der Waals surface area (Å²) in [7, 11) is 0. The summed E-state index contributed by atoms with van der Waals surface area (Å²) in [5, 5.41) is 12.0. The first-order valence-corrected chi connectivity index (χ1v) is 4.62. The highest BCUT2D eigenvalue weighted by Crippen LogP contribution is 2.16. The first-order chi connectivity index (χ1) is 7.09. The average molecular weight is 203 g/mol. The van der Waals surface area contributed by atoms with Crippen LogP contribution in [-0.4, -0.2) is 17.6 Å².